The smallest absolute Gasteiger partial charge is 0.871 e. The van der Waals surface area contributed by atoms with Crippen LogP contribution >= 0.6 is 0 Å². The van der Waals surface area contributed by atoms with E-state index in [9.17, 15) is 53.3 Å². The molecule has 7 rings (SSSR count). The molecule has 0 aliphatic rings. The monoisotopic (exact) mass is 835 g/mol. The van der Waals surface area contributed by atoms with Crippen LogP contribution in [0.15, 0.2) is 139 Å². The van der Waals surface area contributed by atoms with Gasteiger partial charge in [-0.1, -0.05) is 72.2 Å². The van der Waals surface area contributed by atoms with Crippen LogP contribution < -0.4 is 15.8 Å². The van der Waals surface area contributed by atoms with Gasteiger partial charge in [0.25, 0.3) is 27.1 Å². The van der Waals surface area contributed by atoms with Crippen molar-refractivity contribution in [1.29, 1.82) is 0 Å². The first kappa shape index (κ1) is 40.8. The minimum Gasteiger partial charge on any atom is -0.871 e. The number of phenols is 1. The van der Waals surface area contributed by atoms with Crippen molar-refractivity contribution in [3.63, 3.8) is 0 Å². The molecule has 1 aromatic heterocycles. The average molecular weight is 836 g/mol. The Morgan fingerprint density at radius 1 is 0.684 bits per heavy atom. The van der Waals surface area contributed by atoms with Crippen molar-refractivity contribution in [3.8, 4) is 22.9 Å². The van der Waals surface area contributed by atoms with Crippen molar-refractivity contribution in [3.05, 3.63) is 145 Å². The third-order valence-electron chi connectivity index (χ3n) is 8.10. The van der Waals surface area contributed by atoms with E-state index >= 15 is 0 Å². The number of aromatic hydroxyl groups is 1. The Hall–Kier alpha value is -7.33. The zero-order chi connectivity index (χ0) is 40.3. The number of nitrogens with zero attached hydrogens (tertiary/aromatic N) is 7. The molecule has 0 spiro atoms. The number of benzene rings is 6. The Labute approximate surface area is 330 Å². The van der Waals surface area contributed by atoms with Crippen LogP contribution in [0, 0.1) is 27.2 Å². The van der Waals surface area contributed by atoms with Crippen molar-refractivity contribution >= 4 is 65.8 Å². The van der Waals surface area contributed by atoms with E-state index in [-0.39, 0.29) is 56.0 Å². The van der Waals surface area contributed by atoms with E-state index in [1.165, 1.54) is 16.8 Å². The largest absolute Gasteiger partial charge is 3.00 e. The summed E-state index contributed by atoms with van der Waals surface area (Å²) in [5.41, 5.74) is -0.466. The normalized spacial score (nSPS) is 11.4. The zero-order valence-electron chi connectivity index (χ0n) is 28.8. The molecule has 21 heteroatoms. The summed E-state index contributed by atoms with van der Waals surface area (Å²) in [7, 11) is -4.82. The van der Waals surface area contributed by atoms with E-state index in [4.69, 9.17) is 0 Å². The van der Waals surface area contributed by atoms with Crippen molar-refractivity contribution in [2.24, 2.45) is 20.5 Å². The fraction of sp³-hybridized carbons (Fsp3) is 0.0278. The number of para-hydroxylation sites is 1. The third kappa shape index (κ3) is 8.65. The van der Waals surface area contributed by atoms with Crippen molar-refractivity contribution in [2.75, 3.05) is 0 Å². The van der Waals surface area contributed by atoms with E-state index in [1.54, 1.807) is 61.5 Å². The summed E-state index contributed by atoms with van der Waals surface area (Å²) in [6.07, 6.45) is 0. The molecule has 6 aromatic carbocycles. The maximum Gasteiger partial charge on any atom is 3.00 e. The molecule has 0 saturated carbocycles. The molecule has 288 valence electrons. The van der Waals surface area contributed by atoms with Gasteiger partial charge in [-0.3, -0.25) is 34.7 Å². The number of phenolic OH excluding ortho intramolecular Hbond substituents is 1. The number of nitrogens with one attached hydrogen (secondary N) is 1. The van der Waals surface area contributed by atoms with Crippen LogP contribution in [0.3, 0.4) is 0 Å². The molecule has 57 heavy (non-hydrogen) atoms. The van der Waals surface area contributed by atoms with Gasteiger partial charge in [-0.15, -0.1) is 10.2 Å². The Balaban J connectivity index is 0.000000219. The molecule has 0 aliphatic carbocycles. The Morgan fingerprint density at radius 2 is 1.28 bits per heavy atom. The quantitative estimate of drug-likeness (QED) is 0.0594. The summed E-state index contributed by atoms with van der Waals surface area (Å²) in [5.74, 6) is -1.59. The van der Waals surface area contributed by atoms with Gasteiger partial charge in [-0.05, 0) is 30.5 Å². The second kappa shape index (κ2) is 16.6. The molecule has 0 amide bonds. The Bertz CT molecular complexity index is 2940. The summed E-state index contributed by atoms with van der Waals surface area (Å²) in [6.45, 7) is 1.64. The number of nitro benzene ring substituents is 2. The summed E-state index contributed by atoms with van der Waals surface area (Å²) in [5, 5.41) is 75.6. The fourth-order valence-electron chi connectivity index (χ4n) is 5.44. The van der Waals surface area contributed by atoms with Gasteiger partial charge in [0.2, 0.25) is 0 Å². The standard InChI is InChI=1S/C20H13N3O7S.C16H13N5O4.Co/c24-16-8-5-11-3-1-2-4-13(11)19(16)21-22-20-14-7-6-12(23(26)27)9-15(14)18(10-17(20)25)31(28,29)30;1-10-15(16(23)20(19-10)11-5-3-2-4-6-11)18-17-13-9-12(21(24)25)7-8-14(13)22;/h1-10,24-25H,(H,28,29,30);2-9,19,22H,1H3;/q;;+3/p-2. The van der Waals surface area contributed by atoms with E-state index in [0.29, 0.717) is 16.8 Å². The molecule has 7 aromatic rings. The first-order chi connectivity index (χ1) is 26.6. The minimum absolute atomic E-state index is 0. The first-order valence-electron chi connectivity index (χ1n) is 15.9. The molecule has 19 nitrogen and oxygen atoms in total. The van der Waals surface area contributed by atoms with E-state index < -0.39 is 53.4 Å². The van der Waals surface area contributed by atoms with E-state index in [0.717, 1.165) is 41.8 Å². The number of nitro groups is 2. The van der Waals surface area contributed by atoms with Gasteiger partial charge in [-0.2, -0.15) is 18.6 Å². The van der Waals surface area contributed by atoms with Crippen LogP contribution in [-0.2, 0) is 26.9 Å². The number of rotatable bonds is 8. The number of aryl methyl sites for hydroxylation is 1. The number of hydrogen-bond acceptors (Lipinski definition) is 14. The van der Waals surface area contributed by atoms with Crippen molar-refractivity contribution in [2.45, 2.75) is 11.8 Å². The molecular weight excluding hydrogens is 811 g/mol. The predicted octanol–water partition coefficient (Wildman–Crippen LogP) is 7.21. The number of aromatic nitrogens is 2. The van der Waals surface area contributed by atoms with Crippen LogP contribution in [0.5, 0.6) is 17.2 Å². The van der Waals surface area contributed by atoms with Crippen LogP contribution in [0.25, 0.3) is 27.2 Å². The van der Waals surface area contributed by atoms with Gasteiger partial charge in [-0.25, -0.2) is 4.68 Å². The maximum absolute atomic E-state index is 12.5. The molecule has 0 fully saturated rings. The first-order valence-corrected chi connectivity index (χ1v) is 17.3. The molecule has 0 unspecified atom stereocenters. The fourth-order valence-corrected chi connectivity index (χ4v) is 6.14. The van der Waals surface area contributed by atoms with Gasteiger partial charge in [0, 0.05) is 46.5 Å². The zero-order valence-corrected chi connectivity index (χ0v) is 30.7. The Morgan fingerprint density at radius 3 is 1.96 bits per heavy atom. The van der Waals surface area contributed by atoms with Gasteiger partial charge < -0.3 is 15.3 Å². The number of non-ortho nitro benzene ring substituents is 2. The van der Waals surface area contributed by atoms with Gasteiger partial charge >= 0.3 is 16.8 Å². The summed E-state index contributed by atoms with van der Waals surface area (Å²) >= 11 is 0. The number of fused-ring (bicyclic) bond motifs is 2. The summed E-state index contributed by atoms with van der Waals surface area (Å²) in [4.78, 5) is 32.2. The average Bonchev–Trinajstić information content (AvgIpc) is 3.46. The van der Waals surface area contributed by atoms with E-state index in [2.05, 4.69) is 25.6 Å². The van der Waals surface area contributed by atoms with Crippen LogP contribution in [0.1, 0.15) is 5.69 Å². The van der Waals surface area contributed by atoms with Crippen LogP contribution in [0.2, 0.25) is 0 Å². The molecule has 0 bridgehead atoms. The van der Waals surface area contributed by atoms with Crippen LogP contribution in [-0.4, -0.2) is 37.7 Å². The predicted molar refractivity (Wildman–Crippen MR) is 197 cm³/mol. The number of aromatic amines is 1. The van der Waals surface area contributed by atoms with Gasteiger partial charge in [0.1, 0.15) is 16.3 Å². The Kier molecular flexibility index (Phi) is 11.9. The van der Waals surface area contributed by atoms with Gasteiger partial charge in [0.05, 0.1) is 32.6 Å². The summed E-state index contributed by atoms with van der Waals surface area (Å²) < 4.78 is 34.3. The van der Waals surface area contributed by atoms with E-state index in [1.807, 2.05) is 6.07 Å². The number of azo groups is 2. The third-order valence-corrected chi connectivity index (χ3v) is 9.00. The molecular formula is C36H24CoN8O11S+. The maximum atomic E-state index is 12.5. The van der Waals surface area contributed by atoms with Crippen LogP contribution in [0.4, 0.5) is 34.1 Å². The molecule has 1 heterocycles. The second-order valence-electron chi connectivity index (χ2n) is 11.7. The molecule has 0 saturated heterocycles. The molecule has 0 atom stereocenters. The topological polar surface area (TPSA) is 294 Å². The van der Waals surface area contributed by atoms with Crippen molar-refractivity contribution < 1.29 is 54.9 Å². The summed E-state index contributed by atoms with van der Waals surface area (Å²) in [6, 6.07) is 25.9. The minimum atomic E-state index is -4.82. The van der Waals surface area contributed by atoms with Gasteiger partial charge in [0.15, 0.2) is 5.69 Å². The molecule has 0 radical (unpaired) electrons. The molecule has 3 N–H and O–H groups in total. The molecule has 0 aliphatic heterocycles. The number of hydrogen-bond donors (Lipinski definition) is 3. The SMILES string of the molecule is Cc1[nH]n(-c2ccccc2)c(=O)c1N=Nc1cc([N+](=O)[O-])ccc1[O-].O=[N+]([O-])c1ccc2c(N=Nc3c([O-])ccc4ccccc34)c(O)cc(S(=O)(=O)O)c2c1.[Co+3]. The van der Waals surface area contributed by atoms with Crippen molar-refractivity contribution in [1.82, 2.24) is 9.78 Å². The number of H-pyrrole nitrogens is 1. The second-order valence-corrected chi connectivity index (χ2v) is 13.1.